The zero-order valence-electron chi connectivity index (χ0n) is 14.1. The van der Waals surface area contributed by atoms with Crippen molar-refractivity contribution in [1.82, 2.24) is 9.88 Å². The molecule has 3 rings (SSSR count). The molecular weight excluding hydrogens is 314 g/mol. The lowest BCUT2D eigenvalue weighted by atomic mass is 9.98. The number of nitrogen functional groups attached to an aromatic ring is 1. The van der Waals surface area contributed by atoms with Crippen molar-refractivity contribution in [3.05, 3.63) is 53.7 Å². The van der Waals surface area contributed by atoms with Crippen LogP contribution in [0.15, 0.2) is 42.6 Å². The Kier molecular flexibility index (Phi) is 4.85. The van der Waals surface area contributed by atoms with Crippen LogP contribution < -0.4 is 11.1 Å². The van der Waals surface area contributed by atoms with Gasteiger partial charge in [-0.15, -0.1) is 0 Å². The van der Waals surface area contributed by atoms with Gasteiger partial charge < -0.3 is 16.0 Å². The van der Waals surface area contributed by atoms with Gasteiger partial charge in [-0.25, -0.2) is 4.98 Å². The van der Waals surface area contributed by atoms with Crippen LogP contribution in [-0.2, 0) is 11.2 Å². The van der Waals surface area contributed by atoms with Gasteiger partial charge >= 0.3 is 0 Å². The van der Waals surface area contributed by atoms with Crippen LogP contribution in [0.2, 0.25) is 0 Å². The number of carbonyl (C=O) groups excluding carboxylic acids is 1. The van der Waals surface area contributed by atoms with Gasteiger partial charge in [0, 0.05) is 25.7 Å². The molecule has 1 fully saturated rings. The molecule has 0 bridgehead atoms. The third-order valence-electron chi connectivity index (χ3n) is 4.38. The van der Waals surface area contributed by atoms with Crippen molar-refractivity contribution < 1.29 is 4.79 Å². The zero-order valence-corrected chi connectivity index (χ0v) is 14.1. The minimum Gasteiger partial charge on any atom is -0.396 e. The second-order valence-electron chi connectivity index (χ2n) is 6.40. The van der Waals surface area contributed by atoms with Crippen LogP contribution in [0.5, 0.6) is 0 Å². The van der Waals surface area contributed by atoms with Crippen molar-refractivity contribution in [3.8, 4) is 6.07 Å². The van der Waals surface area contributed by atoms with Crippen LogP contribution in [0.3, 0.4) is 0 Å². The Labute approximate surface area is 147 Å². The van der Waals surface area contributed by atoms with Crippen LogP contribution in [0.25, 0.3) is 0 Å². The van der Waals surface area contributed by atoms with Gasteiger partial charge in [0.25, 0.3) is 0 Å². The molecule has 25 heavy (non-hydrogen) atoms. The summed E-state index contributed by atoms with van der Waals surface area (Å²) < 4.78 is 0. The van der Waals surface area contributed by atoms with E-state index in [2.05, 4.69) is 16.4 Å². The SMILES string of the molecule is Cc1ccc(C[C@H](Nc2ncccc2N)C(=O)N2CC(C#N)C2)cc1. The quantitative estimate of drug-likeness (QED) is 0.871. The lowest BCUT2D eigenvalue weighted by molar-refractivity contribution is -0.137. The first kappa shape index (κ1) is 16.8. The summed E-state index contributed by atoms with van der Waals surface area (Å²) in [5.41, 5.74) is 8.69. The smallest absolute Gasteiger partial charge is 0.245 e. The van der Waals surface area contributed by atoms with E-state index in [0.717, 1.165) is 5.56 Å². The minimum absolute atomic E-state index is 0.0304. The fourth-order valence-electron chi connectivity index (χ4n) is 2.82. The number of carbonyl (C=O) groups is 1. The van der Waals surface area contributed by atoms with Crippen molar-refractivity contribution in [2.45, 2.75) is 19.4 Å². The maximum atomic E-state index is 12.9. The number of hydrogen-bond donors (Lipinski definition) is 2. The number of nitrogens with zero attached hydrogens (tertiary/aromatic N) is 3. The summed E-state index contributed by atoms with van der Waals surface area (Å²) in [6, 6.07) is 13.3. The molecule has 1 aliphatic heterocycles. The molecule has 128 valence electrons. The van der Waals surface area contributed by atoms with Crippen molar-refractivity contribution >= 4 is 17.4 Å². The van der Waals surface area contributed by atoms with Crippen LogP contribution in [0.1, 0.15) is 11.1 Å². The van der Waals surface area contributed by atoms with E-state index < -0.39 is 6.04 Å². The predicted octanol–water partition coefficient (Wildman–Crippen LogP) is 1.98. The first-order valence-electron chi connectivity index (χ1n) is 8.28. The fraction of sp³-hybridized carbons (Fsp3) is 0.316. The molecule has 1 amide bonds. The van der Waals surface area contributed by atoms with Crippen molar-refractivity contribution in [3.63, 3.8) is 0 Å². The summed E-state index contributed by atoms with van der Waals surface area (Å²) in [5.74, 6) is 0.409. The van der Waals surface area contributed by atoms with Crippen LogP contribution >= 0.6 is 0 Å². The Morgan fingerprint density at radius 2 is 2.12 bits per heavy atom. The lowest BCUT2D eigenvalue weighted by Crippen LogP contribution is -2.55. The first-order chi connectivity index (χ1) is 12.1. The second kappa shape index (κ2) is 7.22. The van der Waals surface area contributed by atoms with Crippen molar-refractivity contribution in [1.29, 1.82) is 5.26 Å². The topological polar surface area (TPSA) is 95.0 Å². The number of aromatic nitrogens is 1. The third kappa shape index (κ3) is 3.89. The summed E-state index contributed by atoms with van der Waals surface area (Å²) in [6.07, 6.45) is 2.17. The normalized spacial score (nSPS) is 15.1. The molecule has 2 heterocycles. The molecule has 0 saturated carbocycles. The molecule has 1 saturated heterocycles. The van der Waals surface area contributed by atoms with Gasteiger partial charge in [0.05, 0.1) is 17.7 Å². The summed E-state index contributed by atoms with van der Waals surface area (Å²) in [6.45, 7) is 3.00. The van der Waals surface area contributed by atoms with E-state index in [1.807, 2.05) is 31.2 Å². The molecule has 3 N–H and O–H groups in total. The van der Waals surface area contributed by atoms with Crippen LogP contribution in [0, 0.1) is 24.2 Å². The second-order valence-corrected chi connectivity index (χ2v) is 6.40. The highest BCUT2D eigenvalue weighted by molar-refractivity contribution is 5.86. The number of pyridine rings is 1. The van der Waals surface area contributed by atoms with E-state index in [1.165, 1.54) is 5.56 Å². The molecule has 1 aromatic carbocycles. The zero-order chi connectivity index (χ0) is 17.8. The van der Waals surface area contributed by atoms with Gasteiger partial charge in [-0.2, -0.15) is 5.26 Å². The Balaban J connectivity index is 1.78. The van der Waals surface area contributed by atoms with E-state index in [0.29, 0.717) is 31.0 Å². The molecule has 2 aromatic rings. The fourth-order valence-corrected chi connectivity index (χ4v) is 2.82. The van der Waals surface area contributed by atoms with Crippen LogP contribution in [0.4, 0.5) is 11.5 Å². The number of nitriles is 1. The number of aryl methyl sites for hydroxylation is 1. The van der Waals surface area contributed by atoms with E-state index >= 15 is 0 Å². The molecule has 6 heteroatoms. The Bertz CT molecular complexity index is 790. The molecule has 0 spiro atoms. The Hall–Kier alpha value is -3.07. The summed E-state index contributed by atoms with van der Waals surface area (Å²) in [4.78, 5) is 18.8. The average Bonchev–Trinajstić information content (AvgIpc) is 2.57. The highest BCUT2D eigenvalue weighted by Gasteiger charge is 2.34. The molecule has 1 aromatic heterocycles. The van der Waals surface area contributed by atoms with E-state index in [4.69, 9.17) is 11.0 Å². The number of nitrogens with two attached hydrogens (primary N) is 1. The number of likely N-dealkylation sites (tertiary alicyclic amines) is 1. The molecule has 0 unspecified atom stereocenters. The number of rotatable bonds is 5. The van der Waals surface area contributed by atoms with E-state index in [9.17, 15) is 4.79 Å². The molecule has 0 aliphatic carbocycles. The van der Waals surface area contributed by atoms with Gasteiger partial charge in [-0.3, -0.25) is 4.79 Å². The molecule has 6 nitrogen and oxygen atoms in total. The van der Waals surface area contributed by atoms with E-state index in [-0.39, 0.29) is 11.8 Å². The van der Waals surface area contributed by atoms with Gasteiger partial charge in [0.1, 0.15) is 11.9 Å². The van der Waals surface area contributed by atoms with Gasteiger partial charge in [0.15, 0.2) is 0 Å². The average molecular weight is 335 g/mol. The number of nitrogens with one attached hydrogen (secondary N) is 1. The third-order valence-corrected chi connectivity index (χ3v) is 4.38. The molecular formula is C19H21N5O. The largest absolute Gasteiger partial charge is 0.396 e. The molecule has 1 aliphatic rings. The molecule has 0 radical (unpaired) electrons. The van der Waals surface area contributed by atoms with Crippen LogP contribution in [-0.4, -0.2) is 34.9 Å². The maximum Gasteiger partial charge on any atom is 0.245 e. The summed E-state index contributed by atoms with van der Waals surface area (Å²) in [7, 11) is 0. The number of amides is 1. The van der Waals surface area contributed by atoms with Gasteiger partial charge in [-0.1, -0.05) is 29.8 Å². The maximum absolute atomic E-state index is 12.9. The number of hydrogen-bond acceptors (Lipinski definition) is 5. The number of benzene rings is 1. The highest BCUT2D eigenvalue weighted by Crippen LogP contribution is 2.21. The lowest BCUT2D eigenvalue weighted by Gasteiger charge is -2.38. The minimum atomic E-state index is -0.473. The van der Waals surface area contributed by atoms with Crippen molar-refractivity contribution in [2.24, 2.45) is 5.92 Å². The number of anilines is 2. The molecule has 1 atom stereocenters. The first-order valence-corrected chi connectivity index (χ1v) is 8.28. The van der Waals surface area contributed by atoms with Gasteiger partial charge in [0.2, 0.25) is 5.91 Å². The van der Waals surface area contributed by atoms with Crippen molar-refractivity contribution in [2.75, 3.05) is 24.1 Å². The highest BCUT2D eigenvalue weighted by atomic mass is 16.2. The van der Waals surface area contributed by atoms with E-state index in [1.54, 1.807) is 23.2 Å². The monoisotopic (exact) mass is 335 g/mol. The summed E-state index contributed by atoms with van der Waals surface area (Å²) >= 11 is 0. The predicted molar refractivity (Wildman–Crippen MR) is 96.6 cm³/mol. The Morgan fingerprint density at radius 3 is 2.76 bits per heavy atom. The van der Waals surface area contributed by atoms with Gasteiger partial charge in [-0.05, 0) is 24.6 Å². The standard InChI is InChI=1S/C19H21N5O/c1-13-4-6-14(7-5-13)9-17(19(25)24-11-15(10-20)12-24)23-18-16(21)3-2-8-22-18/h2-8,15,17H,9,11-12,21H2,1H3,(H,22,23)/t17-/m0/s1. The summed E-state index contributed by atoms with van der Waals surface area (Å²) in [5, 5.41) is 12.1. The Morgan fingerprint density at radius 1 is 1.40 bits per heavy atom.